The molecule has 0 radical (unpaired) electrons. The molecule has 0 aromatic heterocycles. The van der Waals surface area contributed by atoms with Crippen LogP contribution < -0.4 is 10.4 Å². The van der Waals surface area contributed by atoms with Crippen LogP contribution >= 0.6 is 0 Å². The van der Waals surface area contributed by atoms with Crippen LogP contribution in [-0.4, -0.2) is 17.4 Å². The van der Waals surface area contributed by atoms with E-state index in [1.165, 1.54) is 10.4 Å². The highest BCUT2D eigenvalue weighted by Crippen LogP contribution is 2.29. The Balaban J connectivity index is 2.33. The maximum atomic E-state index is 13.2. The van der Waals surface area contributed by atoms with E-state index in [0.29, 0.717) is 0 Å². The van der Waals surface area contributed by atoms with Crippen molar-refractivity contribution in [2.75, 3.05) is 0 Å². The van der Waals surface area contributed by atoms with Gasteiger partial charge in [0, 0.05) is 0 Å². The molecule has 0 spiro atoms. The lowest BCUT2D eigenvalue weighted by molar-refractivity contribution is 0.532. The van der Waals surface area contributed by atoms with Crippen molar-refractivity contribution in [1.29, 1.82) is 0 Å². The molecule has 1 atom stereocenters. The normalized spacial score (nSPS) is 13.9. The molecule has 2 aromatic rings. The van der Waals surface area contributed by atoms with Crippen LogP contribution in [0.5, 0.6) is 0 Å². The van der Waals surface area contributed by atoms with E-state index in [0.717, 1.165) is 0 Å². The Bertz CT molecular complexity index is 603. The minimum atomic E-state index is -1.98. The monoisotopic (exact) mass is 332 g/mol. The average Bonchev–Trinajstić information content (AvgIpc) is 2.46. The van der Waals surface area contributed by atoms with E-state index >= 15 is 0 Å². The number of benzene rings is 2. The molecular weight excluding hydrogens is 307 g/mol. The van der Waals surface area contributed by atoms with Gasteiger partial charge in [0.05, 0.1) is 0 Å². The zero-order valence-corrected chi connectivity index (χ0v) is 16.2. The predicted octanol–water partition coefficient (Wildman–Crippen LogP) is 3.69. The molecule has 0 bridgehead atoms. The summed E-state index contributed by atoms with van der Waals surface area (Å²) < 4.78 is 20.0. The first-order valence-corrected chi connectivity index (χ1v) is 12.2. The fourth-order valence-corrected chi connectivity index (χ4v) is 9.98. The molecule has 118 valence electrons. The van der Waals surface area contributed by atoms with Crippen molar-refractivity contribution in [3.05, 3.63) is 60.4 Å². The molecule has 2 aromatic carbocycles. The first-order valence-electron chi connectivity index (χ1n) is 7.69. The second-order valence-corrected chi connectivity index (χ2v) is 15.0. The molecule has 4 heteroatoms. The summed E-state index contributed by atoms with van der Waals surface area (Å²) in [7, 11) is -3.68. The summed E-state index contributed by atoms with van der Waals surface area (Å²) in [5.74, 6) is -0.190. The van der Waals surface area contributed by atoms with Gasteiger partial charge in [-0.2, -0.15) is 0 Å². The highest BCUT2D eigenvalue weighted by Gasteiger charge is 2.36. The Labute approximate surface area is 136 Å². The number of halogens is 1. The van der Waals surface area contributed by atoms with E-state index in [1.54, 1.807) is 12.1 Å². The van der Waals surface area contributed by atoms with Gasteiger partial charge < -0.3 is 4.12 Å². The molecule has 2 rings (SSSR count). The van der Waals surface area contributed by atoms with Crippen molar-refractivity contribution in [2.45, 2.75) is 38.9 Å². The van der Waals surface area contributed by atoms with Gasteiger partial charge in [-0.3, -0.25) is 0 Å². The standard InChI is InChI=1S/C18H25FOSi2/c1-18(2,3)21(16-13-11-15(19)12-14-16)20-22(4,5)17-9-7-6-8-10-17/h6-14,21H,1-5H3/t21-/m1/s1. The van der Waals surface area contributed by atoms with Crippen molar-refractivity contribution in [2.24, 2.45) is 0 Å². The Hall–Kier alpha value is -1.24. The third-order valence-electron chi connectivity index (χ3n) is 3.84. The van der Waals surface area contributed by atoms with E-state index in [4.69, 9.17) is 4.12 Å². The van der Waals surface area contributed by atoms with Crippen LogP contribution in [0.15, 0.2) is 54.6 Å². The first kappa shape index (κ1) is 17.1. The second kappa shape index (κ2) is 6.48. The SMILES string of the molecule is CC(C)(C)[Si@H](O[Si](C)(C)c1ccccc1)c1ccc(F)cc1. The summed E-state index contributed by atoms with van der Waals surface area (Å²) >= 11 is 0. The van der Waals surface area contributed by atoms with Gasteiger partial charge in [-0.25, -0.2) is 4.39 Å². The largest absolute Gasteiger partial charge is 0.450 e. The average molecular weight is 333 g/mol. The van der Waals surface area contributed by atoms with Gasteiger partial charge in [-0.05, 0) is 40.6 Å². The predicted molar refractivity (Wildman–Crippen MR) is 97.5 cm³/mol. The van der Waals surface area contributed by atoms with E-state index in [-0.39, 0.29) is 10.9 Å². The number of rotatable bonds is 4. The summed E-state index contributed by atoms with van der Waals surface area (Å²) in [5, 5.41) is 2.56. The van der Waals surface area contributed by atoms with E-state index in [1.807, 2.05) is 18.2 Å². The smallest absolute Gasteiger partial charge is 0.205 e. The van der Waals surface area contributed by atoms with Crippen LogP contribution in [-0.2, 0) is 4.12 Å². The molecule has 0 N–H and O–H groups in total. The third-order valence-corrected chi connectivity index (χ3v) is 11.4. The molecule has 0 saturated heterocycles. The van der Waals surface area contributed by atoms with Crippen molar-refractivity contribution < 1.29 is 8.51 Å². The van der Waals surface area contributed by atoms with Gasteiger partial charge in [0.2, 0.25) is 17.4 Å². The summed E-state index contributed by atoms with van der Waals surface area (Å²) in [6.07, 6.45) is 0. The molecule has 0 unspecified atom stereocenters. The Morgan fingerprint density at radius 3 is 1.95 bits per heavy atom. The van der Waals surface area contributed by atoms with Gasteiger partial charge >= 0.3 is 0 Å². The Kier molecular flexibility index (Phi) is 5.05. The van der Waals surface area contributed by atoms with Crippen LogP contribution in [0.4, 0.5) is 4.39 Å². The maximum absolute atomic E-state index is 13.2. The van der Waals surface area contributed by atoms with Crippen LogP contribution in [0.3, 0.4) is 0 Å². The third kappa shape index (κ3) is 4.15. The minimum absolute atomic E-state index is 0.0802. The molecule has 0 aliphatic carbocycles. The zero-order valence-electron chi connectivity index (χ0n) is 14.1. The molecule has 0 aliphatic heterocycles. The van der Waals surface area contributed by atoms with Crippen molar-refractivity contribution in [1.82, 2.24) is 0 Å². The molecule has 0 saturated carbocycles. The van der Waals surface area contributed by atoms with E-state index in [2.05, 4.69) is 58.1 Å². The molecule has 22 heavy (non-hydrogen) atoms. The van der Waals surface area contributed by atoms with Crippen molar-refractivity contribution >= 4 is 27.7 Å². The van der Waals surface area contributed by atoms with Gasteiger partial charge in [-0.15, -0.1) is 0 Å². The lowest BCUT2D eigenvalue weighted by atomic mass is 10.2. The van der Waals surface area contributed by atoms with Crippen LogP contribution in [0.25, 0.3) is 0 Å². The minimum Gasteiger partial charge on any atom is -0.450 e. The molecule has 1 nitrogen and oxygen atoms in total. The quantitative estimate of drug-likeness (QED) is 0.776. The van der Waals surface area contributed by atoms with Gasteiger partial charge in [-0.1, -0.05) is 63.2 Å². The second-order valence-electron chi connectivity index (χ2n) is 7.29. The summed E-state index contributed by atoms with van der Waals surface area (Å²) in [4.78, 5) is 0. The number of hydrogen-bond acceptors (Lipinski definition) is 1. The van der Waals surface area contributed by atoms with Crippen molar-refractivity contribution in [3.8, 4) is 0 Å². The number of hydrogen-bond donors (Lipinski definition) is 0. The van der Waals surface area contributed by atoms with Gasteiger partial charge in [0.1, 0.15) is 5.82 Å². The molecule has 0 aliphatic rings. The summed E-state index contributed by atoms with van der Waals surface area (Å²) in [5.41, 5.74) is 0. The zero-order chi connectivity index (χ0) is 16.4. The van der Waals surface area contributed by atoms with Crippen LogP contribution in [0.1, 0.15) is 20.8 Å². The Morgan fingerprint density at radius 2 is 1.45 bits per heavy atom. The Morgan fingerprint density at radius 1 is 0.909 bits per heavy atom. The first-order chi connectivity index (χ1) is 10.2. The highest BCUT2D eigenvalue weighted by molar-refractivity contribution is 6.91. The molecule has 0 fully saturated rings. The topological polar surface area (TPSA) is 9.23 Å². The fourth-order valence-electron chi connectivity index (χ4n) is 2.58. The summed E-state index contributed by atoms with van der Waals surface area (Å²) in [6.45, 7) is 11.2. The van der Waals surface area contributed by atoms with Crippen LogP contribution in [0.2, 0.25) is 18.1 Å². The molecule has 0 amide bonds. The van der Waals surface area contributed by atoms with E-state index in [9.17, 15) is 4.39 Å². The lowest BCUT2D eigenvalue weighted by Crippen LogP contribution is -2.55. The fraction of sp³-hybridized carbons (Fsp3) is 0.333. The lowest BCUT2D eigenvalue weighted by Gasteiger charge is -2.36. The molecule has 0 heterocycles. The highest BCUT2D eigenvalue weighted by atomic mass is 28.4. The van der Waals surface area contributed by atoms with Crippen LogP contribution in [0, 0.1) is 5.82 Å². The van der Waals surface area contributed by atoms with Gasteiger partial charge in [0.15, 0.2) is 0 Å². The summed E-state index contributed by atoms with van der Waals surface area (Å²) in [6, 6.07) is 17.4. The van der Waals surface area contributed by atoms with E-state index < -0.39 is 17.4 Å². The van der Waals surface area contributed by atoms with Crippen molar-refractivity contribution in [3.63, 3.8) is 0 Å². The molecular formula is C18H25FOSi2. The maximum Gasteiger partial charge on any atom is 0.205 e. The van der Waals surface area contributed by atoms with Gasteiger partial charge in [0.25, 0.3) is 0 Å².